The maximum atomic E-state index is 11.7. The van der Waals surface area contributed by atoms with Crippen molar-refractivity contribution in [2.75, 3.05) is 13.7 Å². The summed E-state index contributed by atoms with van der Waals surface area (Å²) in [6.07, 6.45) is 5.37. The molecule has 1 saturated heterocycles. The molecule has 0 bridgehead atoms. The van der Waals surface area contributed by atoms with E-state index in [1.165, 1.54) is 0 Å². The SMILES string of the molecule is CCc1cc(=O)[nH]c(CN2C[C@H](OC)CC2c2ncc[nH]2)n1. The minimum Gasteiger partial charge on any atom is -0.380 e. The smallest absolute Gasteiger partial charge is 0.251 e. The summed E-state index contributed by atoms with van der Waals surface area (Å²) in [6, 6.07) is 1.70. The molecule has 2 atom stereocenters. The Kier molecular flexibility index (Phi) is 4.35. The number of aromatic amines is 2. The molecule has 0 radical (unpaired) electrons. The Morgan fingerprint density at radius 1 is 1.50 bits per heavy atom. The zero-order valence-electron chi connectivity index (χ0n) is 12.9. The highest BCUT2D eigenvalue weighted by Gasteiger charge is 2.35. The fourth-order valence-electron chi connectivity index (χ4n) is 2.96. The third kappa shape index (κ3) is 3.10. The summed E-state index contributed by atoms with van der Waals surface area (Å²) in [7, 11) is 1.73. The van der Waals surface area contributed by atoms with Crippen LogP contribution in [-0.4, -0.2) is 44.6 Å². The second-order valence-corrected chi connectivity index (χ2v) is 5.55. The monoisotopic (exact) mass is 303 g/mol. The summed E-state index contributed by atoms with van der Waals surface area (Å²) in [4.78, 5) is 28.8. The van der Waals surface area contributed by atoms with Crippen LogP contribution in [0.4, 0.5) is 0 Å². The third-order valence-corrected chi connectivity index (χ3v) is 4.09. The quantitative estimate of drug-likeness (QED) is 0.861. The average molecular weight is 303 g/mol. The molecule has 0 aromatic carbocycles. The molecule has 118 valence electrons. The van der Waals surface area contributed by atoms with Crippen LogP contribution in [-0.2, 0) is 17.7 Å². The van der Waals surface area contributed by atoms with Crippen molar-refractivity contribution in [2.24, 2.45) is 0 Å². The van der Waals surface area contributed by atoms with Crippen LogP contribution >= 0.6 is 0 Å². The van der Waals surface area contributed by atoms with E-state index < -0.39 is 0 Å². The van der Waals surface area contributed by atoms with Crippen molar-refractivity contribution in [3.8, 4) is 0 Å². The van der Waals surface area contributed by atoms with Gasteiger partial charge in [0.25, 0.3) is 5.56 Å². The van der Waals surface area contributed by atoms with Gasteiger partial charge in [0.1, 0.15) is 11.6 Å². The fraction of sp³-hybridized carbons (Fsp3) is 0.533. The van der Waals surface area contributed by atoms with E-state index in [2.05, 4.69) is 24.8 Å². The van der Waals surface area contributed by atoms with Gasteiger partial charge in [-0.05, 0) is 12.8 Å². The van der Waals surface area contributed by atoms with E-state index in [9.17, 15) is 4.79 Å². The van der Waals surface area contributed by atoms with E-state index in [1.54, 1.807) is 19.4 Å². The lowest BCUT2D eigenvalue weighted by molar-refractivity contribution is 0.107. The number of aromatic nitrogens is 4. The molecule has 2 aromatic rings. The van der Waals surface area contributed by atoms with Gasteiger partial charge in [0.15, 0.2) is 0 Å². The number of likely N-dealkylation sites (tertiary alicyclic amines) is 1. The Bertz CT molecular complexity index is 667. The van der Waals surface area contributed by atoms with E-state index in [1.807, 2.05) is 13.1 Å². The first kappa shape index (κ1) is 14.9. The topological polar surface area (TPSA) is 86.9 Å². The summed E-state index contributed by atoms with van der Waals surface area (Å²) in [5, 5.41) is 0. The van der Waals surface area contributed by atoms with Crippen LogP contribution in [0.3, 0.4) is 0 Å². The average Bonchev–Trinajstić information content (AvgIpc) is 3.15. The standard InChI is InChI=1S/C15H21N5O2/c1-3-10-6-14(21)19-13(18-10)9-20-8-11(22-2)7-12(20)15-16-4-5-17-15/h4-6,11-12H,3,7-9H2,1-2H3,(H,16,17)(H,18,19,21)/t11-,12?/m1/s1. The van der Waals surface area contributed by atoms with Crippen molar-refractivity contribution < 1.29 is 4.74 Å². The summed E-state index contributed by atoms with van der Waals surface area (Å²) in [5.41, 5.74) is 0.717. The van der Waals surface area contributed by atoms with Gasteiger partial charge in [-0.2, -0.15) is 0 Å². The van der Waals surface area contributed by atoms with Crippen LogP contribution in [0.15, 0.2) is 23.3 Å². The first-order valence-electron chi connectivity index (χ1n) is 7.54. The Balaban J connectivity index is 1.83. The maximum absolute atomic E-state index is 11.7. The lowest BCUT2D eigenvalue weighted by Gasteiger charge is -2.21. The van der Waals surface area contributed by atoms with Crippen LogP contribution in [0.2, 0.25) is 0 Å². The van der Waals surface area contributed by atoms with Gasteiger partial charge in [-0.15, -0.1) is 0 Å². The molecule has 1 unspecified atom stereocenters. The van der Waals surface area contributed by atoms with Crippen molar-refractivity contribution >= 4 is 0 Å². The Morgan fingerprint density at radius 3 is 3.05 bits per heavy atom. The number of ether oxygens (including phenoxy) is 1. The predicted molar refractivity (Wildman–Crippen MR) is 81.4 cm³/mol. The molecule has 0 aliphatic carbocycles. The van der Waals surface area contributed by atoms with Gasteiger partial charge in [0.2, 0.25) is 0 Å². The molecular weight excluding hydrogens is 282 g/mol. The number of imidazole rings is 1. The zero-order valence-corrected chi connectivity index (χ0v) is 12.9. The van der Waals surface area contributed by atoms with Crippen molar-refractivity contribution in [2.45, 2.75) is 38.5 Å². The predicted octanol–water partition coefficient (Wildman–Crippen LogP) is 1.02. The normalized spacial score (nSPS) is 22.3. The van der Waals surface area contributed by atoms with Gasteiger partial charge in [-0.3, -0.25) is 9.69 Å². The van der Waals surface area contributed by atoms with E-state index in [4.69, 9.17) is 4.74 Å². The molecule has 1 aliphatic rings. The molecule has 3 heterocycles. The number of methoxy groups -OCH3 is 1. The van der Waals surface area contributed by atoms with Gasteiger partial charge in [-0.1, -0.05) is 6.92 Å². The first-order valence-corrected chi connectivity index (χ1v) is 7.54. The Morgan fingerprint density at radius 2 is 2.36 bits per heavy atom. The summed E-state index contributed by atoms with van der Waals surface area (Å²) >= 11 is 0. The number of hydrogen-bond donors (Lipinski definition) is 2. The van der Waals surface area contributed by atoms with Crippen LogP contribution in [0.5, 0.6) is 0 Å². The van der Waals surface area contributed by atoms with Gasteiger partial charge in [0.05, 0.1) is 18.7 Å². The molecule has 0 amide bonds. The molecule has 22 heavy (non-hydrogen) atoms. The minimum atomic E-state index is -0.0983. The number of aryl methyl sites for hydroxylation is 1. The molecule has 0 saturated carbocycles. The van der Waals surface area contributed by atoms with Gasteiger partial charge < -0.3 is 14.7 Å². The summed E-state index contributed by atoms with van der Waals surface area (Å²) in [6.45, 7) is 3.37. The van der Waals surface area contributed by atoms with Crippen molar-refractivity contribution in [1.29, 1.82) is 0 Å². The van der Waals surface area contributed by atoms with Crippen LogP contribution < -0.4 is 5.56 Å². The summed E-state index contributed by atoms with van der Waals surface area (Å²) < 4.78 is 5.50. The Hall–Kier alpha value is -1.99. The number of H-pyrrole nitrogens is 2. The van der Waals surface area contributed by atoms with E-state index in [0.717, 1.165) is 30.9 Å². The molecular formula is C15H21N5O2. The van der Waals surface area contributed by atoms with Crippen LogP contribution in [0.25, 0.3) is 0 Å². The van der Waals surface area contributed by atoms with E-state index in [-0.39, 0.29) is 17.7 Å². The molecule has 1 fully saturated rings. The molecule has 0 spiro atoms. The fourth-order valence-corrected chi connectivity index (χ4v) is 2.96. The number of nitrogens with one attached hydrogen (secondary N) is 2. The minimum absolute atomic E-state index is 0.0983. The van der Waals surface area contributed by atoms with Gasteiger partial charge in [-0.25, -0.2) is 9.97 Å². The van der Waals surface area contributed by atoms with E-state index >= 15 is 0 Å². The lowest BCUT2D eigenvalue weighted by Crippen LogP contribution is -2.27. The van der Waals surface area contributed by atoms with Gasteiger partial charge >= 0.3 is 0 Å². The van der Waals surface area contributed by atoms with Gasteiger partial charge in [0, 0.05) is 37.8 Å². The first-order chi connectivity index (χ1) is 10.7. The molecule has 2 aromatic heterocycles. The molecule has 7 nitrogen and oxygen atoms in total. The molecule has 1 aliphatic heterocycles. The number of rotatable bonds is 5. The molecule has 2 N–H and O–H groups in total. The molecule has 3 rings (SSSR count). The van der Waals surface area contributed by atoms with Crippen molar-refractivity contribution in [3.63, 3.8) is 0 Å². The lowest BCUT2D eigenvalue weighted by atomic mass is 10.2. The van der Waals surface area contributed by atoms with Crippen LogP contribution in [0, 0.1) is 0 Å². The Labute approximate surface area is 128 Å². The number of hydrogen-bond acceptors (Lipinski definition) is 5. The highest BCUT2D eigenvalue weighted by Crippen LogP contribution is 2.32. The third-order valence-electron chi connectivity index (χ3n) is 4.09. The number of nitrogens with zero attached hydrogens (tertiary/aromatic N) is 3. The summed E-state index contributed by atoms with van der Waals surface area (Å²) in [5.74, 6) is 1.62. The second kappa shape index (κ2) is 6.41. The second-order valence-electron chi connectivity index (χ2n) is 5.55. The maximum Gasteiger partial charge on any atom is 0.251 e. The van der Waals surface area contributed by atoms with Crippen LogP contribution in [0.1, 0.15) is 36.7 Å². The highest BCUT2D eigenvalue weighted by molar-refractivity contribution is 5.06. The van der Waals surface area contributed by atoms with Crippen molar-refractivity contribution in [1.82, 2.24) is 24.8 Å². The zero-order chi connectivity index (χ0) is 15.5. The van der Waals surface area contributed by atoms with Crippen molar-refractivity contribution in [3.05, 3.63) is 46.2 Å². The largest absolute Gasteiger partial charge is 0.380 e. The highest BCUT2D eigenvalue weighted by atomic mass is 16.5. The van der Waals surface area contributed by atoms with E-state index in [0.29, 0.717) is 12.4 Å². The molecule has 7 heteroatoms.